The van der Waals surface area contributed by atoms with Crippen molar-refractivity contribution >= 4 is 11.7 Å². The average Bonchev–Trinajstić information content (AvgIpc) is 3.20. The minimum Gasteiger partial charge on any atom is -0.338 e. The van der Waals surface area contributed by atoms with Gasteiger partial charge in [-0.25, -0.2) is 4.79 Å². The van der Waals surface area contributed by atoms with Crippen LogP contribution in [0.1, 0.15) is 25.3 Å². The van der Waals surface area contributed by atoms with Crippen LogP contribution in [0, 0.1) is 11.8 Å². The lowest BCUT2D eigenvalue weighted by Gasteiger charge is -2.12. The van der Waals surface area contributed by atoms with E-state index in [0.29, 0.717) is 12.5 Å². The Kier molecular flexibility index (Phi) is 4.20. The normalized spacial score (nSPS) is 16.1. The van der Waals surface area contributed by atoms with Crippen molar-refractivity contribution in [1.29, 1.82) is 0 Å². The molecule has 4 N–H and O–H groups in total. The second kappa shape index (κ2) is 5.87. The Morgan fingerprint density at radius 1 is 1.50 bits per heavy atom. The van der Waals surface area contributed by atoms with E-state index >= 15 is 0 Å². The number of carbonyl (C=O) groups is 1. The third-order valence-corrected chi connectivity index (χ3v) is 3.43. The number of urea groups is 1. The summed E-state index contributed by atoms with van der Waals surface area (Å²) in [4.78, 5) is 11.7. The second-order valence-corrected chi connectivity index (χ2v) is 5.05. The van der Waals surface area contributed by atoms with Gasteiger partial charge in [0.25, 0.3) is 0 Å². The summed E-state index contributed by atoms with van der Waals surface area (Å²) in [5.41, 5.74) is 7.36. The highest BCUT2D eigenvalue weighted by Gasteiger charge is 2.27. The number of nitrogens with one attached hydrogen (secondary N) is 2. The molecule has 4 heteroatoms. The highest BCUT2D eigenvalue weighted by atomic mass is 16.2. The van der Waals surface area contributed by atoms with Gasteiger partial charge >= 0.3 is 6.03 Å². The summed E-state index contributed by atoms with van der Waals surface area (Å²) in [6, 6.07) is 7.45. The first kappa shape index (κ1) is 12.9. The predicted molar refractivity (Wildman–Crippen MR) is 73.2 cm³/mol. The van der Waals surface area contributed by atoms with E-state index in [9.17, 15) is 4.79 Å². The first-order chi connectivity index (χ1) is 8.69. The maximum absolute atomic E-state index is 11.7. The molecule has 18 heavy (non-hydrogen) atoms. The van der Waals surface area contributed by atoms with Crippen LogP contribution in [0.3, 0.4) is 0 Å². The van der Waals surface area contributed by atoms with Gasteiger partial charge in [0.15, 0.2) is 0 Å². The third-order valence-electron chi connectivity index (χ3n) is 3.43. The Hall–Kier alpha value is -1.55. The van der Waals surface area contributed by atoms with Crippen LogP contribution >= 0.6 is 0 Å². The van der Waals surface area contributed by atoms with Gasteiger partial charge in [-0.2, -0.15) is 0 Å². The number of carbonyl (C=O) groups excluding carboxylic acids is 1. The second-order valence-electron chi connectivity index (χ2n) is 5.05. The molecule has 1 aliphatic carbocycles. The fraction of sp³-hybridized carbons (Fsp3) is 0.500. The monoisotopic (exact) mass is 247 g/mol. The third kappa shape index (κ3) is 3.74. The van der Waals surface area contributed by atoms with E-state index in [-0.39, 0.29) is 6.03 Å². The van der Waals surface area contributed by atoms with Gasteiger partial charge in [-0.3, -0.25) is 0 Å². The fourth-order valence-electron chi connectivity index (χ4n) is 2.04. The first-order valence-corrected chi connectivity index (χ1v) is 6.53. The number of hydrogen-bond donors (Lipinski definition) is 3. The Morgan fingerprint density at radius 2 is 2.28 bits per heavy atom. The maximum Gasteiger partial charge on any atom is 0.319 e. The van der Waals surface area contributed by atoms with E-state index in [4.69, 9.17) is 5.73 Å². The molecule has 1 aromatic rings. The van der Waals surface area contributed by atoms with Crippen LogP contribution in [0.5, 0.6) is 0 Å². The summed E-state index contributed by atoms with van der Waals surface area (Å²) in [5.74, 6) is 1.39. The molecule has 1 fully saturated rings. The molecule has 1 saturated carbocycles. The molecular weight excluding hydrogens is 226 g/mol. The number of amides is 2. The summed E-state index contributed by atoms with van der Waals surface area (Å²) in [6.07, 6.45) is 2.62. The lowest BCUT2D eigenvalue weighted by Crippen LogP contribution is -2.32. The molecule has 1 atom stereocenters. The SMILES string of the molecule is CC(CNC(=O)Nc1cccc(CN)c1)C1CC1. The maximum atomic E-state index is 11.7. The molecule has 0 heterocycles. The lowest BCUT2D eigenvalue weighted by atomic mass is 10.1. The van der Waals surface area contributed by atoms with E-state index in [1.54, 1.807) is 0 Å². The van der Waals surface area contributed by atoms with Crippen LogP contribution < -0.4 is 16.4 Å². The van der Waals surface area contributed by atoms with E-state index in [2.05, 4.69) is 17.6 Å². The summed E-state index contributed by atoms with van der Waals surface area (Å²) in [6.45, 7) is 3.41. The Bertz CT molecular complexity index is 415. The highest BCUT2D eigenvalue weighted by molar-refractivity contribution is 5.89. The number of anilines is 1. The van der Waals surface area contributed by atoms with Crippen molar-refractivity contribution < 1.29 is 4.79 Å². The minimum absolute atomic E-state index is 0.142. The Morgan fingerprint density at radius 3 is 2.94 bits per heavy atom. The van der Waals surface area contributed by atoms with Gasteiger partial charge in [0.1, 0.15) is 0 Å². The van der Waals surface area contributed by atoms with E-state index < -0.39 is 0 Å². The standard InChI is InChI=1S/C14H21N3O/c1-10(12-5-6-12)9-16-14(18)17-13-4-2-3-11(7-13)8-15/h2-4,7,10,12H,5-6,8-9,15H2,1H3,(H2,16,17,18). The Balaban J connectivity index is 1.78. The van der Waals surface area contributed by atoms with Crippen LogP contribution in [0.2, 0.25) is 0 Å². The van der Waals surface area contributed by atoms with Gasteiger partial charge in [-0.1, -0.05) is 19.1 Å². The van der Waals surface area contributed by atoms with Gasteiger partial charge in [0.05, 0.1) is 0 Å². The topological polar surface area (TPSA) is 67.2 Å². The molecule has 0 aliphatic heterocycles. The van der Waals surface area contributed by atoms with Crippen LogP contribution in [-0.2, 0) is 6.54 Å². The van der Waals surface area contributed by atoms with Crippen molar-refractivity contribution in [3.63, 3.8) is 0 Å². The van der Waals surface area contributed by atoms with Gasteiger partial charge in [0, 0.05) is 18.8 Å². The predicted octanol–water partition coefficient (Wildman–Crippen LogP) is 2.31. The molecule has 0 radical (unpaired) electrons. The zero-order valence-corrected chi connectivity index (χ0v) is 10.8. The van der Waals surface area contributed by atoms with E-state index in [1.807, 2.05) is 24.3 Å². The van der Waals surface area contributed by atoms with E-state index in [0.717, 1.165) is 23.7 Å². The van der Waals surface area contributed by atoms with Crippen LogP contribution in [0.25, 0.3) is 0 Å². The smallest absolute Gasteiger partial charge is 0.319 e. The van der Waals surface area contributed by atoms with Crippen molar-refractivity contribution in [2.75, 3.05) is 11.9 Å². The summed E-state index contributed by atoms with van der Waals surface area (Å²) in [5, 5.41) is 5.73. The van der Waals surface area contributed by atoms with Crippen LogP contribution in [0.4, 0.5) is 10.5 Å². The molecular formula is C14H21N3O. The highest BCUT2D eigenvalue weighted by Crippen LogP contribution is 2.36. The van der Waals surface area contributed by atoms with Crippen molar-refractivity contribution in [3.05, 3.63) is 29.8 Å². The van der Waals surface area contributed by atoms with Crippen molar-refractivity contribution in [3.8, 4) is 0 Å². The van der Waals surface area contributed by atoms with Gasteiger partial charge in [-0.15, -0.1) is 0 Å². The number of rotatable bonds is 5. The lowest BCUT2D eigenvalue weighted by molar-refractivity contribution is 0.250. The molecule has 0 aromatic heterocycles. The number of benzene rings is 1. The molecule has 0 bridgehead atoms. The van der Waals surface area contributed by atoms with Crippen molar-refractivity contribution in [2.45, 2.75) is 26.3 Å². The summed E-state index contributed by atoms with van der Waals surface area (Å²) >= 11 is 0. The van der Waals surface area contributed by atoms with Crippen LogP contribution in [-0.4, -0.2) is 12.6 Å². The first-order valence-electron chi connectivity index (χ1n) is 6.53. The molecule has 4 nitrogen and oxygen atoms in total. The molecule has 98 valence electrons. The molecule has 1 aromatic carbocycles. The summed E-state index contributed by atoms with van der Waals surface area (Å²) in [7, 11) is 0. The fourth-order valence-corrected chi connectivity index (χ4v) is 2.04. The molecule has 1 unspecified atom stereocenters. The van der Waals surface area contributed by atoms with Crippen LogP contribution in [0.15, 0.2) is 24.3 Å². The zero-order valence-electron chi connectivity index (χ0n) is 10.8. The molecule has 0 spiro atoms. The number of hydrogen-bond acceptors (Lipinski definition) is 2. The molecule has 1 aliphatic rings. The van der Waals surface area contributed by atoms with Crippen molar-refractivity contribution in [1.82, 2.24) is 5.32 Å². The Labute approximate surface area is 108 Å². The number of nitrogens with two attached hydrogens (primary N) is 1. The average molecular weight is 247 g/mol. The molecule has 2 amide bonds. The quantitative estimate of drug-likeness (QED) is 0.747. The van der Waals surface area contributed by atoms with Gasteiger partial charge in [0.2, 0.25) is 0 Å². The molecule has 2 rings (SSSR count). The van der Waals surface area contributed by atoms with Crippen molar-refractivity contribution in [2.24, 2.45) is 17.6 Å². The largest absolute Gasteiger partial charge is 0.338 e. The molecule has 0 saturated heterocycles. The van der Waals surface area contributed by atoms with E-state index in [1.165, 1.54) is 12.8 Å². The summed E-state index contributed by atoms with van der Waals surface area (Å²) < 4.78 is 0. The van der Waals surface area contributed by atoms with Gasteiger partial charge in [-0.05, 0) is 42.4 Å². The minimum atomic E-state index is -0.142. The zero-order chi connectivity index (χ0) is 13.0. The van der Waals surface area contributed by atoms with Gasteiger partial charge < -0.3 is 16.4 Å².